The van der Waals surface area contributed by atoms with Crippen molar-refractivity contribution in [1.29, 1.82) is 0 Å². The third-order valence-electron chi connectivity index (χ3n) is 1.29. The zero-order chi connectivity index (χ0) is 8.10. The second-order valence-corrected chi connectivity index (χ2v) is 2.13. The Kier molecular flexibility index (Phi) is 2.93. The monoisotopic (exact) mass is 169 g/mol. The van der Waals surface area contributed by atoms with Gasteiger partial charge in [0.15, 0.2) is 0 Å². The van der Waals surface area contributed by atoms with Crippen molar-refractivity contribution in [3.8, 4) is 0 Å². The molecule has 0 radical (unpaired) electrons. The summed E-state index contributed by atoms with van der Waals surface area (Å²) in [6.07, 6.45) is 0. The molecule has 0 aromatic heterocycles. The lowest BCUT2D eigenvalue weighted by Crippen LogP contribution is -2.00. The van der Waals surface area contributed by atoms with E-state index < -0.39 is 0 Å². The molecule has 0 bridgehead atoms. The summed E-state index contributed by atoms with van der Waals surface area (Å²) in [7, 11) is 1.54. The third-order valence-corrected chi connectivity index (χ3v) is 1.44. The summed E-state index contributed by atoms with van der Waals surface area (Å²) in [6, 6.07) is 9.48. The summed E-state index contributed by atoms with van der Waals surface area (Å²) in [5.74, 6) is 0.437. The normalized spacial score (nSPS) is 11.3. The maximum atomic E-state index is 5.27. The molecule has 0 saturated carbocycles. The van der Waals surface area contributed by atoms with E-state index in [0.29, 0.717) is 5.90 Å². The lowest BCUT2D eigenvalue weighted by Gasteiger charge is -2.00. The van der Waals surface area contributed by atoms with Crippen molar-refractivity contribution in [2.24, 2.45) is 4.51 Å². The highest BCUT2D eigenvalue weighted by Gasteiger charge is 1.99. The van der Waals surface area contributed by atoms with Crippen molar-refractivity contribution in [3.05, 3.63) is 35.9 Å². The molecule has 0 aliphatic heterocycles. The topological polar surface area (TPSA) is 21.6 Å². The molecular formula is C8H8ClNO. The predicted octanol–water partition coefficient (Wildman–Crippen LogP) is 2.23. The van der Waals surface area contributed by atoms with E-state index in [4.69, 9.17) is 16.5 Å². The fourth-order valence-electron chi connectivity index (χ4n) is 0.782. The molecule has 2 nitrogen and oxygen atoms in total. The lowest BCUT2D eigenvalue weighted by molar-refractivity contribution is 0.406. The maximum Gasteiger partial charge on any atom is 0.232 e. The summed E-state index contributed by atoms with van der Waals surface area (Å²) in [5, 5.41) is 0. The molecule has 1 rings (SSSR count). The molecule has 0 unspecified atom stereocenters. The molecule has 0 N–H and O–H groups in total. The number of ether oxygens (including phenoxy) is 1. The van der Waals surface area contributed by atoms with E-state index in [1.807, 2.05) is 30.3 Å². The first-order chi connectivity index (χ1) is 5.38. The van der Waals surface area contributed by atoms with Gasteiger partial charge >= 0.3 is 0 Å². The van der Waals surface area contributed by atoms with Crippen molar-refractivity contribution >= 4 is 17.7 Å². The van der Waals surface area contributed by atoms with Crippen molar-refractivity contribution in [2.75, 3.05) is 7.11 Å². The van der Waals surface area contributed by atoms with E-state index in [0.717, 1.165) is 5.56 Å². The minimum atomic E-state index is 0.437. The van der Waals surface area contributed by atoms with Gasteiger partial charge in [-0.05, 0) is 12.1 Å². The molecule has 1 aromatic rings. The van der Waals surface area contributed by atoms with Crippen LogP contribution in [0, 0.1) is 0 Å². The van der Waals surface area contributed by atoms with Gasteiger partial charge in [0.05, 0.1) is 7.11 Å². The largest absolute Gasteiger partial charge is 0.480 e. The zero-order valence-electron chi connectivity index (χ0n) is 6.12. The minimum absolute atomic E-state index is 0.437. The van der Waals surface area contributed by atoms with E-state index in [1.54, 1.807) is 0 Å². The van der Waals surface area contributed by atoms with Crippen LogP contribution in [0.3, 0.4) is 0 Å². The van der Waals surface area contributed by atoms with Crippen molar-refractivity contribution in [2.45, 2.75) is 0 Å². The molecule has 0 heterocycles. The number of nitrogens with zero attached hydrogens (tertiary/aromatic N) is 1. The Morgan fingerprint density at radius 3 is 2.45 bits per heavy atom. The molecule has 0 aliphatic rings. The van der Waals surface area contributed by atoms with Crippen LogP contribution in [0.25, 0.3) is 0 Å². The second kappa shape index (κ2) is 3.98. The third kappa shape index (κ3) is 1.95. The fraction of sp³-hybridized carbons (Fsp3) is 0.125. The van der Waals surface area contributed by atoms with Crippen molar-refractivity contribution in [3.63, 3.8) is 0 Å². The average Bonchev–Trinajstić information content (AvgIpc) is 2.09. The number of benzene rings is 1. The molecule has 58 valence electrons. The number of methoxy groups -OCH3 is 1. The number of hydrogen-bond donors (Lipinski definition) is 0. The summed E-state index contributed by atoms with van der Waals surface area (Å²) >= 11 is 5.27. The van der Waals surface area contributed by atoms with Crippen LogP contribution in [0.15, 0.2) is 34.8 Å². The van der Waals surface area contributed by atoms with Gasteiger partial charge in [0.25, 0.3) is 0 Å². The lowest BCUT2D eigenvalue weighted by atomic mass is 10.2. The first-order valence-corrected chi connectivity index (χ1v) is 3.50. The minimum Gasteiger partial charge on any atom is -0.480 e. The first kappa shape index (κ1) is 8.08. The van der Waals surface area contributed by atoms with Gasteiger partial charge in [-0.15, -0.1) is 4.51 Å². The predicted molar refractivity (Wildman–Crippen MR) is 45.8 cm³/mol. The highest BCUT2D eigenvalue weighted by molar-refractivity contribution is 6.21. The van der Waals surface area contributed by atoms with Crippen LogP contribution < -0.4 is 0 Å². The fourth-order valence-corrected chi connectivity index (χ4v) is 0.948. The Morgan fingerprint density at radius 1 is 1.36 bits per heavy atom. The average molecular weight is 170 g/mol. The van der Waals surface area contributed by atoms with Gasteiger partial charge in [-0.2, -0.15) is 0 Å². The van der Waals surface area contributed by atoms with Crippen LogP contribution in [0.1, 0.15) is 5.56 Å². The Bertz CT molecular complexity index is 246. The Hall–Kier alpha value is -1.02. The summed E-state index contributed by atoms with van der Waals surface area (Å²) in [5.41, 5.74) is 0.880. The van der Waals surface area contributed by atoms with E-state index >= 15 is 0 Å². The smallest absolute Gasteiger partial charge is 0.232 e. The van der Waals surface area contributed by atoms with E-state index in [1.165, 1.54) is 7.11 Å². The summed E-state index contributed by atoms with van der Waals surface area (Å²) < 4.78 is 8.35. The molecule has 0 amide bonds. The van der Waals surface area contributed by atoms with Crippen LogP contribution >= 0.6 is 11.8 Å². The van der Waals surface area contributed by atoms with Crippen LogP contribution in [0.2, 0.25) is 0 Å². The zero-order valence-corrected chi connectivity index (χ0v) is 6.88. The van der Waals surface area contributed by atoms with Crippen LogP contribution in [0.5, 0.6) is 0 Å². The van der Waals surface area contributed by atoms with Crippen molar-refractivity contribution < 1.29 is 4.74 Å². The summed E-state index contributed by atoms with van der Waals surface area (Å²) in [6.45, 7) is 0. The van der Waals surface area contributed by atoms with E-state index in [-0.39, 0.29) is 0 Å². The SMILES string of the molecule is COC(=NCl)c1ccccc1. The van der Waals surface area contributed by atoms with Gasteiger partial charge in [0.1, 0.15) is 0 Å². The van der Waals surface area contributed by atoms with Gasteiger partial charge in [0.2, 0.25) is 5.90 Å². The first-order valence-electron chi connectivity index (χ1n) is 3.17. The second-order valence-electron chi connectivity index (χ2n) is 1.96. The molecule has 0 atom stereocenters. The molecule has 11 heavy (non-hydrogen) atoms. The molecule has 0 spiro atoms. The molecule has 1 aromatic carbocycles. The maximum absolute atomic E-state index is 5.27. The van der Waals surface area contributed by atoms with Crippen molar-refractivity contribution in [1.82, 2.24) is 0 Å². The standard InChI is InChI=1S/C8H8ClNO/c1-11-8(10-9)7-5-3-2-4-6-7/h2-6H,1H3. The number of halogens is 1. The Labute approximate surface area is 70.6 Å². The van der Waals surface area contributed by atoms with Gasteiger partial charge in [-0.3, -0.25) is 0 Å². The quantitative estimate of drug-likeness (QED) is 0.467. The van der Waals surface area contributed by atoms with Gasteiger partial charge in [0, 0.05) is 17.3 Å². The Balaban J connectivity index is 2.92. The number of rotatable bonds is 1. The summed E-state index contributed by atoms with van der Waals surface area (Å²) in [4.78, 5) is 0. The number of hydrogen-bond acceptors (Lipinski definition) is 2. The molecule has 0 fully saturated rings. The highest BCUT2D eigenvalue weighted by Crippen LogP contribution is 2.02. The molecule has 0 saturated heterocycles. The molecule has 0 aliphatic carbocycles. The Morgan fingerprint density at radius 2 is 2.00 bits per heavy atom. The van der Waals surface area contributed by atoms with Crippen LogP contribution in [0.4, 0.5) is 0 Å². The molecular weight excluding hydrogens is 162 g/mol. The van der Waals surface area contributed by atoms with Crippen LogP contribution in [-0.2, 0) is 4.74 Å². The van der Waals surface area contributed by atoms with Gasteiger partial charge in [-0.1, -0.05) is 18.2 Å². The van der Waals surface area contributed by atoms with Crippen LogP contribution in [-0.4, -0.2) is 13.0 Å². The van der Waals surface area contributed by atoms with Gasteiger partial charge < -0.3 is 4.74 Å². The van der Waals surface area contributed by atoms with E-state index in [9.17, 15) is 0 Å². The van der Waals surface area contributed by atoms with Gasteiger partial charge in [-0.25, -0.2) is 0 Å². The molecule has 3 heteroatoms. The van der Waals surface area contributed by atoms with E-state index in [2.05, 4.69) is 4.51 Å². The highest BCUT2D eigenvalue weighted by atomic mass is 35.5.